The summed E-state index contributed by atoms with van der Waals surface area (Å²) in [5.41, 5.74) is 0.806. The molecule has 1 amide bonds. The van der Waals surface area contributed by atoms with Crippen molar-refractivity contribution in [2.45, 2.75) is 38.1 Å². The van der Waals surface area contributed by atoms with Gasteiger partial charge in [0.2, 0.25) is 0 Å². The molecule has 0 unspecified atom stereocenters. The summed E-state index contributed by atoms with van der Waals surface area (Å²) < 4.78 is 14.4. The lowest BCUT2D eigenvalue weighted by Gasteiger charge is -2.35. The van der Waals surface area contributed by atoms with E-state index in [4.69, 9.17) is 5.11 Å². The molecule has 7 nitrogen and oxygen atoms in total. The molecule has 2 aromatic rings. The van der Waals surface area contributed by atoms with E-state index in [2.05, 4.69) is 10.3 Å². The maximum absolute atomic E-state index is 13.0. The molecule has 3 rings (SSSR count). The van der Waals surface area contributed by atoms with Gasteiger partial charge in [-0.2, -0.15) is 0 Å². The molecule has 0 bridgehead atoms. The number of hydrogen-bond acceptors (Lipinski definition) is 4. The van der Waals surface area contributed by atoms with E-state index < -0.39 is 5.97 Å². The summed E-state index contributed by atoms with van der Waals surface area (Å²) in [6, 6.07) is 5.63. The highest BCUT2D eigenvalue weighted by molar-refractivity contribution is 5.92. The van der Waals surface area contributed by atoms with Gasteiger partial charge >= 0.3 is 5.97 Å². The van der Waals surface area contributed by atoms with E-state index in [-0.39, 0.29) is 29.9 Å². The smallest absolute Gasteiger partial charge is 0.303 e. The van der Waals surface area contributed by atoms with E-state index in [1.54, 1.807) is 17.0 Å². The maximum atomic E-state index is 13.0. The van der Waals surface area contributed by atoms with Crippen molar-refractivity contribution in [2.75, 3.05) is 6.54 Å². The molecular formula is C17H19FN4O3. The van der Waals surface area contributed by atoms with Crippen molar-refractivity contribution in [3.63, 3.8) is 0 Å². The van der Waals surface area contributed by atoms with E-state index in [9.17, 15) is 14.0 Å². The Morgan fingerprint density at radius 1 is 1.24 bits per heavy atom. The fourth-order valence-electron chi connectivity index (χ4n) is 3.09. The van der Waals surface area contributed by atoms with Gasteiger partial charge in [0.1, 0.15) is 5.82 Å². The Hall–Kier alpha value is -2.77. The number of halogens is 1. The molecule has 132 valence electrons. The van der Waals surface area contributed by atoms with Gasteiger partial charge in [-0.25, -0.2) is 9.07 Å². The van der Waals surface area contributed by atoms with E-state index in [1.807, 2.05) is 0 Å². The number of likely N-dealkylation sites (tertiary alicyclic amines) is 1. The Balaban J connectivity index is 1.75. The Bertz CT molecular complexity index is 760. The molecule has 1 aliphatic rings. The first-order valence-electron chi connectivity index (χ1n) is 8.25. The van der Waals surface area contributed by atoms with Crippen LogP contribution in [0.4, 0.5) is 4.39 Å². The van der Waals surface area contributed by atoms with Crippen LogP contribution in [0.25, 0.3) is 5.69 Å². The SMILES string of the molecule is O=C(O)CC[C@@H]1CCCCN1C(=O)c1cn(-c2ccc(F)cc2)nn1. The summed E-state index contributed by atoms with van der Waals surface area (Å²) in [5.74, 6) is -1.46. The van der Waals surface area contributed by atoms with Crippen LogP contribution in [0.5, 0.6) is 0 Å². The van der Waals surface area contributed by atoms with Crippen LogP contribution in [0.15, 0.2) is 30.5 Å². The fraction of sp³-hybridized carbons (Fsp3) is 0.412. The summed E-state index contributed by atoms with van der Waals surface area (Å²) >= 11 is 0. The molecule has 0 spiro atoms. The van der Waals surface area contributed by atoms with Crippen molar-refractivity contribution >= 4 is 11.9 Å². The Morgan fingerprint density at radius 3 is 2.72 bits per heavy atom. The van der Waals surface area contributed by atoms with Gasteiger partial charge in [0.25, 0.3) is 5.91 Å². The van der Waals surface area contributed by atoms with Crippen LogP contribution in [-0.2, 0) is 4.79 Å². The van der Waals surface area contributed by atoms with Crippen LogP contribution in [0.3, 0.4) is 0 Å². The zero-order chi connectivity index (χ0) is 17.8. The number of aromatic nitrogens is 3. The topological polar surface area (TPSA) is 88.3 Å². The third-order valence-electron chi connectivity index (χ3n) is 4.38. The van der Waals surface area contributed by atoms with Crippen LogP contribution < -0.4 is 0 Å². The highest BCUT2D eigenvalue weighted by Gasteiger charge is 2.29. The number of nitrogens with zero attached hydrogens (tertiary/aromatic N) is 4. The Labute approximate surface area is 144 Å². The molecule has 2 heterocycles. The lowest BCUT2D eigenvalue weighted by molar-refractivity contribution is -0.137. The van der Waals surface area contributed by atoms with Crippen molar-refractivity contribution in [3.8, 4) is 5.69 Å². The molecule has 1 N–H and O–H groups in total. The zero-order valence-corrected chi connectivity index (χ0v) is 13.6. The van der Waals surface area contributed by atoms with Crippen LogP contribution in [-0.4, -0.2) is 49.5 Å². The van der Waals surface area contributed by atoms with Gasteiger partial charge in [0, 0.05) is 19.0 Å². The standard InChI is InChI=1S/C17H19FN4O3/c18-12-4-6-14(7-5-12)22-11-15(19-20-22)17(25)21-10-2-1-3-13(21)8-9-16(23)24/h4-7,11,13H,1-3,8-10H2,(H,23,24)/t13-/m0/s1. The summed E-state index contributed by atoms with van der Waals surface area (Å²) in [7, 11) is 0. The third kappa shape index (κ3) is 4.01. The highest BCUT2D eigenvalue weighted by Crippen LogP contribution is 2.23. The average Bonchev–Trinajstić information content (AvgIpc) is 3.10. The monoisotopic (exact) mass is 346 g/mol. The second-order valence-corrected chi connectivity index (χ2v) is 6.11. The number of rotatable bonds is 5. The molecule has 1 atom stereocenters. The van der Waals surface area contributed by atoms with Gasteiger partial charge in [-0.1, -0.05) is 5.21 Å². The molecule has 0 radical (unpaired) electrons. The van der Waals surface area contributed by atoms with Crippen molar-refractivity contribution in [2.24, 2.45) is 0 Å². The van der Waals surface area contributed by atoms with E-state index in [0.717, 1.165) is 19.3 Å². The summed E-state index contributed by atoms with van der Waals surface area (Å²) in [6.45, 7) is 0.590. The molecule has 0 saturated carbocycles. The van der Waals surface area contributed by atoms with Crippen molar-refractivity contribution < 1.29 is 19.1 Å². The number of aliphatic carboxylic acids is 1. The molecule has 0 aliphatic carbocycles. The van der Waals surface area contributed by atoms with Crippen molar-refractivity contribution in [1.29, 1.82) is 0 Å². The largest absolute Gasteiger partial charge is 0.481 e. The van der Waals surface area contributed by atoms with E-state index in [1.165, 1.54) is 23.0 Å². The lowest BCUT2D eigenvalue weighted by Crippen LogP contribution is -2.44. The minimum Gasteiger partial charge on any atom is -0.481 e. The number of piperidine rings is 1. The second kappa shape index (κ2) is 7.42. The minimum absolute atomic E-state index is 0.0384. The zero-order valence-electron chi connectivity index (χ0n) is 13.6. The summed E-state index contributed by atoms with van der Waals surface area (Å²) in [6.07, 6.45) is 4.66. The van der Waals surface area contributed by atoms with Crippen molar-refractivity contribution in [3.05, 3.63) is 42.0 Å². The maximum Gasteiger partial charge on any atom is 0.303 e. The molecule has 1 aromatic heterocycles. The number of carbonyl (C=O) groups excluding carboxylic acids is 1. The first kappa shape index (κ1) is 17.1. The van der Waals surface area contributed by atoms with Crippen molar-refractivity contribution in [1.82, 2.24) is 19.9 Å². The number of carboxylic acid groups (broad SMARTS) is 1. The second-order valence-electron chi connectivity index (χ2n) is 6.11. The first-order valence-corrected chi connectivity index (χ1v) is 8.25. The Morgan fingerprint density at radius 2 is 2.00 bits per heavy atom. The van der Waals surface area contributed by atoms with Crippen LogP contribution in [0, 0.1) is 5.82 Å². The van der Waals surface area contributed by atoms with E-state index >= 15 is 0 Å². The van der Waals surface area contributed by atoms with Gasteiger partial charge in [-0.3, -0.25) is 9.59 Å². The first-order chi connectivity index (χ1) is 12.0. The van der Waals surface area contributed by atoms with Gasteiger partial charge in [0.15, 0.2) is 5.69 Å². The lowest BCUT2D eigenvalue weighted by atomic mass is 9.97. The highest BCUT2D eigenvalue weighted by atomic mass is 19.1. The van der Waals surface area contributed by atoms with Gasteiger partial charge in [0.05, 0.1) is 11.9 Å². The number of benzene rings is 1. The van der Waals surface area contributed by atoms with Crippen LogP contribution in [0.1, 0.15) is 42.6 Å². The molecule has 25 heavy (non-hydrogen) atoms. The molecule has 1 aromatic carbocycles. The van der Waals surface area contributed by atoms with Gasteiger partial charge in [-0.15, -0.1) is 5.10 Å². The molecule has 1 fully saturated rings. The molecule has 1 saturated heterocycles. The average molecular weight is 346 g/mol. The summed E-state index contributed by atoms with van der Waals surface area (Å²) in [4.78, 5) is 25.3. The molecular weight excluding hydrogens is 327 g/mol. The third-order valence-corrected chi connectivity index (χ3v) is 4.38. The fourth-order valence-corrected chi connectivity index (χ4v) is 3.09. The predicted molar refractivity (Wildman–Crippen MR) is 86.9 cm³/mol. The van der Waals surface area contributed by atoms with Gasteiger partial charge in [-0.05, 0) is 49.9 Å². The number of amides is 1. The minimum atomic E-state index is -0.861. The predicted octanol–water partition coefficient (Wildman–Crippen LogP) is 2.27. The number of carbonyl (C=O) groups is 2. The number of carboxylic acids is 1. The van der Waals surface area contributed by atoms with Crippen LogP contribution in [0.2, 0.25) is 0 Å². The quantitative estimate of drug-likeness (QED) is 0.897. The van der Waals surface area contributed by atoms with E-state index in [0.29, 0.717) is 18.7 Å². The number of hydrogen-bond donors (Lipinski definition) is 1. The summed E-state index contributed by atoms with van der Waals surface area (Å²) in [5, 5.41) is 16.7. The molecule has 8 heteroatoms. The normalized spacial score (nSPS) is 17.5. The van der Waals surface area contributed by atoms with Crippen LogP contribution >= 0.6 is 0 Å². The molecule has 1 aliphatic heterocycles. The van der Waals surface area contributed by atoms with Gasteiger partial charge < -0.3 is 10.0 Å². The Kier molecular flexibility index (Phi) is 5.06.